The quantitative estimate of drug-likeness (QED) is 0.476. The molecule has 1 aliphatic rings. The Bertz CT molecular complexity index is 750. The standard InChI is InChI=1S/C10H4N4O6/c15-7-1-3(11-13-5(1)9(17)18)8(16)4-2(7)6(10(19)20)14-12-4/h(H,11,13)(H,12,14)(H,17,18)(H,19,20). The molecule has 2 aromatic rings. The summed E-state index contributed by atoms with van der Waals surface area (Å²) in [7, 11) is 0. The number of rotatable bonds is 2. The van der Waals surface area contributed by atoms with Crippen LogP contribution in [0.5, 0.6) is 0 Å². The molecule has 100 valence electrons. The van der Waals surface area contributed by atoms with Crippen LogP contribution in [0.15, 0.2) is 0 Å². The van der Waals surface area contributed by atoms with E-state index in [0.717, 1.165) is 0 Å². The molecule has 2 heterocycles. The van der Waals surface area contributed by atoms with E-state index < -0.39 is 46.0 Å². The van der Waals surface area contributed by atoms with Gasteiger partial charge in [-0.2, -0.15) is 10.2 Å². The fraction of sp³-hybridized carbons (Fsp3) is 0. The number of hydrogen-bond acceptors (Lipinski definition) is 6. The Hall–Kier alpha value is -3.30. The van der Waals surface area contributed by atoms with Gasteiger partial charge in [0.2, 0.25) is 11.6 Å². The largest absolute Gasteiger partial charge is 0.477 e. The van der Waals surface area contributed by atoms with E-state index in [9.17, 15) is 19.2 Å². The third kappa shape index (κ3) is 1.27. The van der Waals surface area contributed by atoms with Gasteiger partial charge in [-0.25, -0.2) is 9.59 Å². The van der Waals surface area contributed by atoms with E-state index in [1.165, 1.54) is 0 Å². The van der Waals surface area contributed by atoms with Crippen LogP contribution < -0.4 is 0 Å². The van der Waals surface area contributed by atoms with Crippen molar-refractivity contribution in [2.75, 3.05) is 0 Å². The van der Waals surface area contributed by atoms with Crippen LogP contribution in [0.4, 0.5) is 0 Å². The summed E-state index contributed by atoms with van der Waals surface area (Å²) in [6, 6.07) is 0. The molecule has 0 spiro atoms. The van der Waals surface area contributed by atoms with Gasteiger partial charge in [-0.05, 0) is 0 Å². The summed E-state index contributed by atoms with van der Waals surface area (Å²) in [6.07, 6.45) is 0. The molecule has 0 atom stereocenters. The van der Waals surface area contributed by atoms with Gasteiger partial charge >= 0.3 is 11.9 Å². The average molecular weight is 276 g/mol. The van der Waals surface area contributed by atoms with Crippen molar-refractivity contribution in [3.8, 4) is 0 Å². The van der Waals surface area contributed by atoms with Gasteiger partial charge in [0.1, 0.15) is 11.4 Å². The van der Waals surface area contributed by atoms with Crippen molar-refractivity contribution in [3.63, 3.8) is 0 Å². The number of aromatic nitrogens is 4. The Morgan fingerprint density at radius 2 is 1.20 bits per heavy atom. The summed E-state index contributed by atoms with van der Waals surface area (Å²) in [6.45, 7) is 0. The number of aromatic carboxylic acids is 2. The van der Waals surface area contributed by atoms with E-state index in [1.807, 2.05) is 0 Å². The van der Waals surface area contributed by atoms with Crippen LogP contribution >= 0.6 is 0 Å². The lowest BCUT2D eigenvalue weighted by molar-refractivity contribution is 0.0680. The van der Waals surface area contributed by atoms with E-state index in [2.05, 4.69) is 20.4 Å². The number of aromatic amines is 2. The highest BCUT2D eigenvalue weighted by molar-refractivity contribution is 6.30. The molecule has 0 aromatic carbocycles. The minimum atomic E-state index is -1.48. The van der Waals surface area contributed by atoms with E-state index in [0.29, 0.717) is 0 Å². The van der Waals surface area contributed by atoms with Crippen LogP contribution in [-0.2, 0) is 0 Å². The minimum Gasteiger partial charge on any atom is -0.477 e. The summed E-state index contributed by atoms with van der Waals surface area (Å²) >= 11 is 0. The smallest absolute Gasteiger partial charge is 0.354 e. The third-order valence-corrected chi connectivity index (χ3v) is 2.84. The van der Waals surface area contributed by atoms with Crippen molar-refractivity contribution >= 4 is 23.5 Å². The summed E-state index contributed by atoms with van der Waals surface area (Å²) in [4.78, 5) is 46.2. The SMILES string of the molecule is O=C1c2n[nH]c(C(=O)O)c2C(=O)c2c1n[nH]c2C(=O)O. The maximum Gasteiger partial charge on any atom is 0.354 e. The number of hydrogen-bond donors (Lipinski definition) is 4. The molecule has 0 saturated carbocycles. The molecule has 0 radical (unpaired) electrons. The van der Waals surface area contributed by atoms with E-state index >= 15 is 0 Å². The molecule has 0 saturated heterocycles. The molecular weight excluding hydrogens is 272 g/mol. The van der Waals surface area contributed by atoms with Crippen molar-refractivity contribution in [2.45, 2.75) is 0 Å². The monoisotopic (exact) mass is 276 g/mol. The number of H-pyrrole nitrogens is 2. The van der Waals surface area contributed by atoms with Crippen LogP contribution in [0.3, 0.4) is 0 Å². The molecule has 0 unspecified atom stereocenters. The molecule has 4 N–H and O–H groups in total. The van der Waals surface area contributed by atoms with E-state index in [-0.39, 0.29) is 11.4 Å². The normalized spacial score (nSPS) is 13.0. The Labute approximate surface area is 108 Å². The molecule has 0 fully saturated rings. The molecule has 3 rings (SSSR count). The Morgan fingerprint density at radius 1 is 0.800 bits per heavy atom. The second-order valence-corrected chi connectivity index (χ2v) is 3.91. The number of carboxylic acid groups (broad SMARTS) is 2. The van der Waals surface area contributed by atoms with Gasteiger partial charge in [-0.3, -0.25) is 19.8 Å². The second kappa shape index (κ2) is 3.60. The lowest BCUT2D eigenvalue weighted by Crippen LogP contribution is -2.23. The van der Waals surface area contributed by atoms with Crippen molar-refractivity contribution < 1.29 is 29.4 Å². The van der Waals surface area contributed by atoms with Gasteiger partial charge in [0.15, 0.2) is 11.4 Å². The average Bonchev–Trinajstić information content (AvgIpc) is 3.00. The Morgan fingerprint density at radius 3 is 1.55 bits per heavy atom. The molecule has 0 bridgehead atoms. The number of nitrogens with one attached hydrogen (secondary N) is 2. The highest BCUT2D eigenvalue weighted by Gasteiger charge is 2.41. The molecule has 2 aromatic heterocycles. The van der Waals surface area contributed by atoms with Crippen molar-refractivity contribution in [3.05, 3.63) is 33.9 Å². The first kappa shape index (κ1) is 11.8. The first-order chi connectivity index (χ1) is 9.43. The summed E-state index contributed by atoms with van der Waals surface area (Å²) in [5, 5.41) is 29.0. The highest BCUT2D eigenvalue weighted by atomic mass is 16.4. The lowest BCUT2D eigenvalue weighted by atomic mass is 9.90. The maximum absolute atomic E-state index is 12.2. The van der Waals surface area contributed by atoms with Crippen LogP contribution in [-0.4, -0.2) is 54.1 Å². The maximum atomic E-state index is 12.2. The number of fused-ring (bicyclic) bond motifs is 2. The number of ketones is 2. The van der Waals surface area contributed by atoms with E-state index in [4.69, 9.17) is 10.2 Å². The van der Waals surface area contributed by atoms with Crippen LogP contribution in [0.25, 0.3) is 0 Å². The number of carboxylic acids is 2. The molecule has 1 aliphatic carbocycles. The zero-order chi connectivity index (χ0) is 14.6. The molecule has 0 aliphatic heterocycles. The molecular formula is C10H4N4O6. The van der Waals surface area contributed by atoms with Gasteiger partial charge < -0.3 is 10.2 Å². The molecule has 0 amide bonds. The zero-order valence-corrected chi connectivity index (χ0v) is 9.42. The Kier molecular flexibility index (Phi) is 2.12. The number of carbonyl (C=O) groups excluding carboxylic acids is 2. The molecule has 20 heavy (non-hydrogen) atoms. The zero-order valence-electron chi connectivity index (χ0n) is 9.42. The fourth-order valence-electron chi connectivity index (χ4n) is 2.00. The second-order valence-electron chi connectivity index (χ2n) is 3.91. The summed E-state index contributed by atoms with van der Waals surface area (Å²) in [5.41, 5.74) is -2.83. The fourth-order valence-corrected chi connectivity index (χ4v) is 2.00. The minimum absolute atomic E-state index is 0.386. The third-order valence-electron chi connectivity index (χ3n) is 2.84. The van der Waals surface area contributed by atoms with Gasteiger partial charge in [0, 0.05) is 0 Å². The first-order valence-electron chi connectivity index (χ1n) is 5.16. The van der Waals surface area contributed by atoms with Gasteiger partial charge in [0.25, 0.3) is 0 Å². The van der Waals surface area contributed by atoms with Crippen LogP contribution in [0.2, 0.25) is 0 Å². The molecule has 10 heteroatoms. The number of nitrogens with zero attached hydrogens (tertiary/aromatic N) is 2. The van der Waals surface area contributed by atoms with E-state index in [1.54, 1.807) is 0 Å². The summed E-state index contributed by atoms with van der Waals surface area (Å²) in [5.74, 6) is -4.71. The predicted octanol–water partition coefficient (Wildman–Crippen LogP) is -0.695. The van der Waals surface area contributed by atoms with Gasteiger partial charge in [-0.1, -0.05) is 0 Å². The van der Waals surface area contributed by atoms with Crippen molar-refractivity contribution in [2.24, 2.45) is 0 Å². The predicted molar refractivity (Wildman–Crippen MR) is 58.0 cm³/mol. The lowest BCUT2D eigenvalue weighted by Gasteiger charge is -2.08. The van der Waals surface area contributed by atoms with Gasteiger partial charge in [0.05, 0.1) is 11.1 Å². The van der Waals surface area contributed by atoms with Crippen LogP contribution in [0, 0.1) is 0 Å². The van der Waals surface area contributed by atoms with Crippen molar-refractivity contribution in [1.29, 1.82) is 0 Å². The van der Waals surface area contributed by atoms with Crippen molar-refractivity contribution in [1.82, 2.24) is 20.4 Å². The summed E-state index contributed by atoms with van der Waals surface area (Å²) < 4.78 is 0. The van der Waals surface area contributed by atoms with Crippen LogP contribution in [0.1, 0.15) is 53.1 Å². The highest BCUT2D eigenvalue weighted by Crippen LogP contribution is 2.28. The van der Waals surface area contributed by atoms with Gasteiger partial charge in [-0.15, -0.1) is 0 Å². The molecule has 10 nitrogen and oxygen atoms in total. The topological polar surface area (TPSA) is 166 Å². The number of carbonyl (C=O) groups is 4. The first-order valence-corrected chi connectivity index (χ1v) is 5.16. The Balaban J connectivity index is 2.32.